The molecule has 2 amide bonds. The Balaban J connectivity index is 1.54. The molecule has 0 radical (unpaired) electrons. The van der Waals surface area contributed by atoms with Gasteiger partial charge in [-0.2, -0.15) is 0 Å². The van der Waals surface area contributed by atoms with Crippen molar-refractivity contribution in [1.29, 1.82) is 0 Å². The quantitative estimate of drug-likeness (QED) is 0.353. The maximum Gasteiger partial charge on any atom is 0.256 e. The van der Waals surface area contributed by atoms with E-state index in [0.717, 1.165) is 22.7 Å². The van der Waals surface area contributed by atoms with Crippen molar-refractivity contribution in [1.82, 2.24) is 10.3 Å². The van der Waals surface area contributed by atoms with Crippen LogP contribution in [0.1, 0.15) is 37.0 Å². The van der Waals surface area contributed by atoms with Crippen LogP contribution in [0.5, 0.6) is 11.5 Å². The molecule has 1 fully saturated rings. The van der Waals surface area contributed by atoms with Gasteiger partial charge < -0.3 is 20.1 Å². The van der Waals surface area contributed by atoms with Gasteiger partial charge in [-0.3, -0.25) is 9.59 Å². The van der Waals surface area contributed by atoms with Gasteiger partial charge in [-0.15, -0.1) is 0 Å². The molecule has 1 saturated carbocycles. The summed E-state index contributed by atoms with van der Waals surface area (Å²) in [4.78, 5) is 30.0. The van der Waals surface area contributed by atoms with Crippen molar-refractivity contribution in [3.8, 4) is 22.8 Å². The second-order valence-corrected chi connectivity index (χ2v) is 9.86. The summed E-state index contributed by atoms with van der Waals surface area (Å²) >= 11 is 2.74. The SMILES string of the molecule is CCOc1ccc(C(=O)Nc2sc(SCC(=O)NC3CC3)nc2-c2ccccc2)cc1OCC. The minimum absolute atomic E-state index is 0.00684. The van der Waals surface area contributed by atoms with Gasteiger partial charge in [0, 0.05) is 17.2 Å². The average molecular weight is 498 g/mol. The number of anilines is 1. The van der Waals surface area contributed by atoms with Crippen molar-refractivity contribution in [3.63, 3.8) is 0 Å². The van der Waals surface area contributed by atoms with Crippen LogP contribution in [0.2, 0.25) is 0 Å². The third-order valence-corrected chi connectivity index (χ3v) is 7.07. The van der Waals surface area contributed by atoms with Gasteiger partial charge in [-0.05, 0) is 44.9 Å². The smallest absolute Gasteiger partial charge is 0.256 e. The van der Waals surface area contributed by atoms with Gasteiger partial charge in [0.25, 0.3) is 5.91 Å². The summed E-state index contributed by atoms with van der Waals surface area (Å²) in [7, 11) is 0. The van der Waals surface area contributed by atoms with Crippen LogP contribution in [0.3, 0.4) is 0 Å². The van der Waals surface area contributed by atoms with Gasteiger partial charge in [0.05, 0.1) is 19.0 Å². The molecule has 0 saturated heterocycles. The number of hydrogen-bond acceptors (Lipinski definition) is 7. The van der Waals surface area contributed by atoms with Gasteiger partial charge in [0.1, 0.15) is 10.7 Å². The van der Waals surface area contributed by atoms with E-state index in [1.54, 1.807) is 18.2 Å². The normalized spacial score (nSPS) is 12.8. The first-order chi connectivity index (χ1) is 16.6. The monoisotopic (exact) mass is 497 g/mol. The average Bonchev–Trinajstić information content (AvgIpc) is 3.57. The summed E-state index contributed by atoms with van der Waals surface area (Å²) in [6.07, 6.45) is 2.11. The molecule has 178 valence electrons. The van der Waals surface area contributed by atoms with Gasteiger partial charge in [0.2, 0.25) is 5.91 Å². The Kier molecular flexibility index (Phi) is 8.08. The third kappa shape index (κ3) is 6.30. The van der Waals surface area contributed by atoms with Crippen LogP contribution in [-0.2, 0) is 4.79 Å². The van der Waals surface area contributed by atoms with Crippen molar-refractivity contribution in [2.75, 3.05) is 24.3 Å². The molecule has 2 aromatic carbocycles. The molecule has 34 heavy (non-hydrogen) atoms. The van der Waals surface area contributed by atoms with Crippen molar-refractivity contribution in [3.05, 3.63) is 54.1 Å². The number of amides is 2. The first-order valence-electron chi connectivity index (χ1n) is 11.3. The number of hydrogen-bond donors (Lipinski definition) is 2. The highest BCUT2D eigenvalue weighted by Crippen LogP contribution is 2.38. The van der Waals surface area contributed by atoms with Crippen LogP contribution >= 0.6 is 23.1 Å². The summed E-state index contributed by atoms with van der Waals surface area (Å²) in [6.45, 7) is 4.76. The highest BCUT2D eigenvalue weighted by atomic mass is 32.2. The highest BCUT2D eigenvalue weighted by Gasteiger charge is 2.24. The molecule has 0 aliphatic heterocycles. The molecule has 1 aliphatic rings. The predicted octanol–water partition coefficient (Wildman–Crippen LogP) is 5.23. The number of thioether (sulfide) groups is 1. The van der Waals surface area contributed by atoms with Crippen molar-refractivity contribution >= 4 is 39.9 Å². The Morgan fingerprint density at radius 1 is 1.06 bits per heavy atom. The number of carbonyl (C=O) groups is 2. The van der Waals surface area contributed by atoms with Gasteiger partial charge in [0.15, 0.2) is 15.8 Å². The number of carbonyl (C=O) groups excluding carboxylic acids is 2. The van der Waals surface area contributed by atoms with E-state index < -0.39 is 0 Å². The van der Waals surface area contributed by atoms with Crippen LogP contribution < -0.4 is 20.1 Å². The maximum atomic E-state index is 13.1. The second-order valence-electron chi connectivity index (χ2n) is 7.64. The van der Waals surface area contributed by atoms with Crippen molar-refractivity contribution < 1.29 is 19.1 Å². The Hall–Kier alpha value is -3.04. The number of thiazole rings is 1. The molecule has 0 unspecified atom stereocenters. The minimum Gasteiger partial charge on any atom is -0.490 e. The fourth-order valence-corrected chi connectivity index (χ4v) is 5.10. The van der Waals surface area contributed by atoms with E-state index in [-0.39, 0.29) is 11.8 Å². The lowest BCUT2D eigenvalue weighted by Crippen LogP contribution is -2.26. The zero-order valence-corrected chi connectivity index (χ0v) is 20.8. The Morgan fingerprint density at radius 3 is 2.50 bits per heavy atom. The third-order valence-electron chi connectivity index (χ3n) is 4.96. The summed E-state index contributed by atoms with van der Waals surface area (Å²) in [5.74, 6) is 1.16. The summed E-state index contributed by atoms with van der Waals surface area (Å²) < 4.78 is 12.0. The van der Waals surface area contributed by atoms with E-state index in [0.29, 0.717) is 52.8 Å². The first-order valence-corrected chi connectivity index (χ1v) is 13.1. The zero-order valence-electron chi connectivity index (χ0n) is 19.1. The maximum absolute atomic E-state index is 13.1. The second kappa shape index (κ2) is 11.4. The Labute approximate surface area is 207 Å². The predicted molar refractivity (Wildman–Crippen MR) is 136 cm³/mol. The van der Waals surface area contributed by atoms with Crippen LogP contribution in [0.25, 0.3) is 11.3 Å². The van der Waals surface area contributed by atoms with Crippen molar-refractivity contribution in [2.45, 2.75) is 37.1 Å². The van der Waals surface area contributed by atoms with Gasteiger partial charge in [-0.1, -0.05) is 53.4 Å². The number of aromatic nitrogens is 1. The molecular formula is C25H27N3O4S2. The van der Waals surface area contributed by atoms with E-state index in [1.807, 2.05) is 44.2 Å². The van der Waals surface area contributed by atoms with E-state index in [1.165, 1.54) is 23.1 Å². The number of ether oxygens (including phenoxy) is 2. The molecule has 3 aromatic rings. The number of nitrogens with one attached hydrogen (secondary N) is 2. The van der Waals surface area contributed by atoms with Crippen molar-refractivity contribution in [2.24, 2.45) is 0 Å². The fourth-order valence-electron chi connectivity index (χ4n) is 3.23. The van der Waals surface area contributed by atoms with E-state index in [9.17, 15) is 9.59 Å². The molecule has 0 atom stereocenters. The van der Waals surface area contributed by atoms with Crippen LogP contribution in [0.15, 0.2) is 52.9 Å². The number of benzene rings is 2. The van der Waals surface area contributed by atoms with E-state index in [4.69, 9.17) is 14.5 Å². The van der Waals surface area contributed by atoms with Crippen LogP contribution in [0.4, 0.5) is 5.00 Å². The Morgan fingerprint density at radius 2 is 1.79 bits per heavy atom. The molecule has 1 heterocycles. The molecule has 4 rings (SSSR count). The highest BCUT2D eigenvalue weighted by molar-refractivity contribution is 8.01. The molecule has 0 spiro atoms. The van der Waals surface area contributed by atoms with Gasteiger partial charge in [-0.25, -0.2) is 4.98 Å². The van der Waals surface area contributed by atoms with Gasteiger partial charge >= 0.3 is 0 Å². The molecule has 0 bridgehead atoms. The molecule has 7 nitrogen and oxygen atoms in total. The summed E-state index contributed by atoms with van der Waals surface area (Å²) in [5, 5.41) is 6.62. The van der Waals surface area contributed by atoms with E-state index in [2.05, 4.69) is 10.6 Å². The Bertz CT molecular complexity index is 1150. The number of rotatable bonds is 11. The fraction of sp³-hybridized carbons (Fsp3) is 0.320. The largest absolute Gasteiger partial charge is 0.490 e. The number of nitrogens with zero attached hydrogens (tertiary/aromatic N) is 1. The molecule has 1 aromatic heterocycles. The van der Waals surface area contributed by atoms with E-state index >= 15 is 0 Å². The first kappa shape index (κ1) is 24.1. The lowest BCUT2D eigenvalue weighted by Gasteiger charge is -2.12. The molecule has 1 aliphatic carbocycles. The standard InChI is InChI=1S/C25H27N3O4S2/c1-3-31-19-13-10-17(14-20(19)32-4-2)23(30)28-24-22(16-8-6-5-7-9-16)27-25(34-24)33-15-21(29)26-18-11-12-18/h5-10,13-14,18H,3-4,11-12,15H2,1-2H3,(H,26,29)(H,28,30). The van der Waals surface area contributed by atoms with Crippen LogP contribution in [-0.4, -0.2) is 41.8 Å². The molecule has 2 N–H and O–H groups in total. The summed E-state index contributed by atoms with van der Waals surface area (Å²) in [5.41, 5.74) is 2.03. The topological polar surface area (TPSA) is 89.5 Å². The minimum atomic E-state index is -0.271. The summed E-state index contributed by atoms with van der Waals surface area (Å²) in [6, 6.07) is 15.2. The zero-order chi connectivity index (χ0) is 23.9. The molecular weight excluding hydrogens is 470 g/mol. The van der Waals surface area contributed by atoms with Crippen LogP contribution in [0, 0.1) is 0 Å². The lowest BCUT2D eigenvalue weighted by atomic mass is 10.1. The molecule has 9 heteroatoms. The lowest BCUT2D eigenvalue weighted by molar-refractivity contribution is -0.118.